The summed E-state index contributed by atoms with van der Waals surface area (Å²) in [5.74, 6) is 2.20. The maximum absolute atomic E-state index is 12.9. The monoisotopic (exact) mass is 415 g/mol. The number of methoxy groups -OCH3 is 1. The first-order valence-electron chi connectivity index (χ1n) is 10.9. The van der Waals surface area contributed by atoms with E-state index < -0.39 is 0 Å². The molecule has 31 heavy (non-hydrogen) atoms. The normalized spacial score (nSPS) is 14.3. The third-order valence-corrected chi connectivity index (χ3v) is 5.93. The fourth-order valence-corrected chi connectivity index (χ4v) is 4.11. The second-order valence-electron chi connectivity index (χ2n) is 8.06. The van der Waals surface area contributed by atoms with Crippen molar-refractivity contribution >= 4 is 5.91 Å². The Bertz CT molecular complexity index is 977. The first-order valence-corrected chi connectivity index (χ1v) is 10.9. The Morgan fingerprint density at radius 3 is 2.16 bits per heavy atom. The molecule has 1 amide bonds. The van der Waals surface area contributed by atoms with Crippen LogP contribution in [-0.2, 0) is 13.0 Å². The standard InChI is InChI=1S/C27H29NO3/c1-30-25-9-5-6-10-26(25)31-20-23-11-13-24(14-12-23)27(29)28-17-15-22(16-18-28)19-21-7-3-2-4-8-21/h2-14,22H,15-20H2,1H3. The minimum absolute atomic E-state index is 0.121. The van der Waals surface area contributed by atoms with Gasteiger partial charge in [-0.1, -0.05) is 54.6 Å². The van der Waals surface area contributed by atoms with Crippen LogP contribution in [0.2, 0.25) is 0 Å². The molecule has 3 aromatic rings. The molecule has 1 fully saturated rings. The Balaban J connectivity index is 1.28. The lowest BCUT2D eigenvalue weighted by molar-refractivity contribution is 0.0690. The first kappa shape index (κ1) is 21.0. The lowest BCUT2D eigenvalue weighted by atomic mass is 9.90. The number of carbonyl (C=O) groups excluding carboxylic acids is 1. The fraction of sp³-hybridized carbons (Fsp3) is 0.296. The molecule has 0 bridgehead atoms. The summed E-state index contributed by atoms with van der Waals surface area (Å²) in [6.07, 6.45) is 3.22. The number of likely N-dealkylation sites (tertiary alicyclic amines) is 1. The van der Waals surface area contributed by atoms with Crippen molar-refractivity contribution in [1.82, 2.24) is 4.90 Å². The SMILES string of the molecule is COc1ccccc1OCc1ccc(C(=O)N2CCC(Cc3ccccc3)CC2)cc1. The number of amides is 1. The molecule has 0 N–H and O–H groups in total. The van der Waals surface area contributed by atoms with Gasteiger partial charge in [0.1, 0.15) is 6.61 Å². The highest BCUT2D eigenvalue weighted by molar-refractivity contribution is 5.94. The van der Waals surface area contributed by atoms with Crippen LogP contribution in [0.3, 0.4) is 0 Å². The van der Waals surface area contributed by atoms with Crippen molar-refractivity contribution in [1.29, 1.82) is 0 Å². The molecule has 1 saturated heterocycles. The minimum Gasteiger partial charge on any atom is -0.493 e. The zero-order valence-corrected chi connectivity index (χ0v) is 18.0. The van der Waals surface area contributed by atoms with Crippen LogP contribution in [0, 0.1) is 5.92 Å². The Kier molecular flexibility index (Phi) is 6.88. The van der Waals surface area contributed by atoms with E-state index in [4.69, 9.17) is 9.47 Å². The summed E-state index contributed by atoms with van der Waals surface area (Å²) in [6.45, 7) is 2.09. The number of nitrogens with zero attached hydrogens (tertiary/aromatic N) is 1. The van der Waals surface area contributed by atoms with Crippen molar-refractivity contribution in [2.24, 2.45) is 5.92 Å². The average Bonchev–Trinajstić information content (AvgIpc) is 2.84. The van der Waals surface area contributed by atoms with Crippen molar-refractivity contribution in [2.75, 3.05) is 20.2 Å². The highest BCUT2D eigenvalue weighted by Crippen LogP contribution is 2.27. The summed E-state index contributed by atoms with van der Waals surface area (Å²) in [7, 11) is 1.63. The molecule has 0 aromatic heterocycles. The van der Waals surface area contributed by atoms with Crippen LogP contribution >= 0.6 is 0 Å². The van der Waals surface area contributed by atoms with E-state index in [2.05, 4.69) is 30.3 Å². The number of para-hydroxylation sites is 2. The molecule has 3 aromatic carbocycles. The third kappa shape index (κ3) is 5.46. The molecular weight excluding hydrogens is 386 g/mol. The molecular formula is C27H29NO3. The second-order valence-corrected chi connectivity index (χ2v) is 8.06. The van der Waals surface area contributed by atoms with Gasteiger partial charge in [-0.05, 0) is 60.6 Å². The number of benzene rings is 3. The summed E-state index contributed by atoms with van der Waals surface area (Å²) in [4.78, 5) is 14.9. The molecule has 0 saturated carbocycles. The maximum Gasteiger partial charge on any atom is 0.253 e. The molecule has 0 unspecified atom stereocenters. The molecule has 4 rings (SSSR count). The van der Waals surface area contributed by atoms with Crippen molar-refractivity contribution in [3.63, 3.8) is 0 Å². The van der Waals surface area contributed by atoms with Crippen LogP contribution in [0.15, 0.2) is 78.9 Å². The Morgan fingerprint density at radius 2 is 1.48 bits per heavy atom. The van der Waals surface area contributed by atoms with E-state index in [9.17, 15) is 4.79 Å². The number of ether oxygens (including phenoxy) is 2. The van der Waals surface area contributed by atoms with Gasteiger partial charge in [0.15, 0.2) is 11.5 Å². The molecule has 0 aliphatic carbocycles. The van der Waals surface area contributed by atoms with E-state index in [-0.39, 0.29) is 5.91 Å². The van der Waals surface area contributed by atoms with Crippen molar-refractivity contribution in [3.05, 3.63) is 95.6 Å². The van der Waals surface area contributed by atoms with Crippen molar-refractivity contribution in [3.8, 4) is 11.5 Å². The number of carbonyl (C=O) groups is 1. The summed E-state index contributed by atoms with van der Waals surface area (Å²) in [6, 6.07) is 26.0. The lowest BCUT2D eigenvalue weighted by Gasteiger charge is -2.32. The number of rotatable bonds is 7. The number of piperidine rings is 1. The van der Waals surface area contributed by atoms with E-state index in [0.29, 0.717) is 24.0 Å². The maximum atomic E-state index is 12.9. The van der Waals surface area contributed by atoms with Crippen LogP contribution < -0.4 is 9.47 Å². The zero-order valence-electron chi connectivity index (χ0n) is 18.0. The molecule has 4 nitrogen and oxygen atoms in total. The molecule has 0 atom stereocenters. The largest absolute Gasteiger partial charge is 0.493 e. The molecule has 1 heterocycles. The van der Waals surface area contributed by atoms with Gasteiger partial charge in [0.25, 0.3) is 5.91 Å². The zero-order chi connectivity index (χ0) is 21.5. The van der Waals surface area contributed by atoms with Gasteiger partial charge in [0.2, 0.25) is 0 Å². The van der Waals surface area contributed by atoms with Gasteiger partial charge >= 0.3 is 0 Å². The summed E-state index contributed by atoms with van der Waals surface area (Å²) in [5, 5.41) is 0. The molecule has 4 heteroatoms. The van der Waals surface area contributed by atoms with Crippen LogP contribution in [0.5, 0.6) is 11.5 Å². The fourth-order valence-electron chi connectivity index (χ4n) is 4.11. The minimum atomic E-state index is 0.121. The van der Waals surface area contributed by atoms with Gasteiger partial charge in [-0.15, -0.1) is 0 Å². The van der Waals surface area contributed by atoms with Crippen LogP contribution in [0.1, 0.15) is 34.3 Å². The van der Waals surface area contributed by atoms with Gasteiger partial charge < -0.3 is 14.4 Å². The van der Waals surface area contributed by atoms with Gasteiger partial charge in [0.05, 0.1) is 7.11 Å². The molecule has 160 valence electrons. The van der Waals surface area contributed by atoms with E-state index in [1.165, 1.54) is 5.56 Å². The van der Waals surface area contributed by atoms with E-state index in [0.717, 1.165) is 43.5 Å². The molecule has 1 aliphatic rings. The van der Waals surface area contributed by atoms with Crippen LogP contribution in [0.4, 0.5) is 0 Å². The number of hydrogen-bond acceptors (Lipinski definition) is 3. The van der Waals surface area contributed by atoms with Gasteiger partial charge in [-0.3, -0.25) is 4.79 Å². The lowest BCUT2D eigenvalue weighted by Crippen LogP contribution is -2.38. The summed E-state index contributed by atoms with van der Waals surface area (Å²) < 4.78 is 11.2. The van der Waals surface area contributed by atoms with E-state index in [1.807, 2.05) is 53.4 Å². The van der Waals surface area contributed by atoms with Gasteiger partial charge in [-0.25, -0.2) is 0 Å². The Morgan fingerprint density at radius 1 is 0.839 bits per heavy atom. The topological polar surface area (TPSA) is 38.8 Å². The highest BCUT2D eigenvalue weighted by Gasteiger charge is 2.23. The van der Waals surface area contributed by atoms with Gasteiger partial charge in [0, 0.05) is 18.7 Å². The van der Waals surface area contributed by atoms with E-state index >= 15 is 0 Å². The van der Waals surface area contributed by atoms with Crippen LogP contribution in [-0.4, -0.2) is 31.0 Å². The highest BCUT2D eigenvalue weighted by atomic mass is 16.5. The predicted octanol–water partition coefficient (Wildman–Crippen LogP) is 5.37. The number of hydrogen-bond donors (Lipinski definition) is 0. The second kappa shape index (κ2) is 10.2. The Hall–Kier alpha value is -3.27. The molecule has 1 aliphatic heterocycles. The predicted molar refractivity (Wildman–Crippen MR) is 123 cm³/mol. The Labute approximate surface area is 184 Å². The van der Waals surface area contributed by atoms with Gasteiger partial charge in [-0.2, -0.15) is 0 Å². The average molecular weight is 416 g/mol. The molecule has 0 radical (unpaired) electrons. The van der Waals surface area contributed by atoms with Crippen molar-refractivity contribution < 1.29 is 14.3 Å². The first-order chi connectivity index (χ1) is 15.2. The van der Waals surface area contributed by atoms with Crippen molar-refractivity contribution in [2.45, 2.75) is 25.9 Å². The summed E-state index contributed by atoms with van der Waals surface area (Å²) >= 11 is 0. The quantitative estimate of drug-likeness (QED) is 0.521. The molecule has 0 spiro atoms. The third-order valence-electron chi connectivity index (χ3n) is 5.93. The van der Waals surface area contributed by atoms with E-state index in [1.54, 1.807) is 7.11 Å². The summed E-state index contributed by atoms with van der Waals surface area (Å²) in [5.41, 5.74) is 3.14. The van der Waals surface area contributed by atoms with Crippen LogP contribution in [0.25, 0.3) is 0 Å². The smallest absolute Gasteiger partial charge is 0.253 e.